The molecule has 0 amide bonds. The molecule has 6 aliphatic carbocycles. The van der Waals surface area contributed by atoms with E-state index in [0.29, 0.717) is 21.7 Å². The monoisotopic (exact) mass is 1300 g/mol. The van der Waals surface area contributed by atoms with Gasteiger partial charge in [0, 0.05) is 0 Å². The summed E-state index contributed by atoms with van der Waals surface area (Å²) in [5, 5.41) is 0. The summed E-state index contributed by atoms with van der Waals surface area (Å²) in [6.45, 7) is 85.2. The summed E-state index contributed by atoms with van der Waals surface area (Å²) >= 11 is 0. The molecule has 0 aromatic heterocycles. The molecule has 6 aliphatic rings. The molecule has 92 heavy (non-hydrogen) atoms. The second-order valence-electron chi connectivity index (χ2n) is 37.0. The lowest BCUT2D eigenvalue weighted by molar-refractivity contribution is 0.179. The summed E-state index contributed by atoms with van der Waals surface area (Å²) in [4.78, 5) is 0. The Morgan fingerprint density at radius 1 is 0.348 bits per heavy atom. The predicted octanol–water partition coefficient (Wildman–Crippen LogP) is 34.9. The maximum absolute atomic E-state index is 2.40. The second-order valence-corrected chi connectivity index (χ2v) is 37.0. The van der Waals surface area contributed by atoms with Crippen LogP contribution in [0.25, 0.3) is 0 Å². The van der Waals surface area contributed by atoms with Gasteiger partial charge in [-0.3, -0.25) is 0 Å². The molecule has 6 fully saturated rings. The minimum absolute atomic E-state index is 0.542. The SMILES string of the molecule is CC1C(C)(C)CCC1(C)C.CC1CC(C)C(C)C1.CC1CCC(C)C1C.CC1CCCCC1.CCC(C)(C)C.CCC(C)CC.CCCC(C)C.CCCC(C)C.CCCC1CC1.CCCCC(C)C.CCCCCCC.CCC[C@H](C)CC.C[C@@H]1CCCC1(C)C. The van der Waals surface area contributed by atoms with E-state index in [1.54, 1.807) is 0 Å². The van der Waals surface area contributed by atoms with Gasteiger partial charge >= 0.3 is 0 Å². The molecule has 0 nitrogen and oxygen atoms in total. The molecule has 0 aromatic rings. The fourth-order valence-electron chi connectivity index (χ4n) is 12.6. The third-order valence-corrected chi connectivity index (χ3v) is 23.2. The van der Waals surface area contributed by atoms with E-state index in [1.807, 2.05) is 0 Å². The maximum atomic E-state index is 2.40. The molecule has 0 aromatic carbocycles. The van der Waals surface area contributed by atoms with Gasteiger partial charge in [0.15, 0.2) is 0 Å². The van der Waals surface area contributed by atoms with Crippen LogP contribution in [0.15, 0.2) is 0 Å². The summed E-state index contributed by atoms with van der Waals surface area (Å²) < 4.78 is 0. The Bertz CT molecular complexity index is 1310. The number of unbranched alkanes of at least 4 members (excludes halogenated alkanes) is 5. The van der Waals surface area contributed by atoms with Crippen molar-refractivity contribution in [3.8, 4) is 0 Å². The van der Waals surface area contributed by atoms with Crippen molar-refractivity contribution < 1.29 is 0 Å². The molecule has 0 radical (unpaired) electrons. The van der Waals surface area contributed by atoms with Crippen LogP contribution in [-0.4, -0.2) is 0 Å². The average Bonchev–Trinajstić information content (AvgIpc) is 1.69. The smallest absolute Gasteiger partial charge is 0.0323 e. The molecule has 566 valence electrons. The van der Waals surface area contributed by atoms with Crippen LogP contribution in [0.4, 0.5) is 0 Å². The first-order valence-corrected chi connectivity index (χ1v) is 42.6. The van der Waals surface area contributed by atoms with Crippen molar-refractivity contribution >= 4 is 0 Å². The van der Waals surface area contributed by atoms with Gasteiger partial charge in [-0.1, -0.05) is 455 Å². The van der Waals surface area contributed by atoms with Crippen LogP contribution in [0, 0.1) is 110 Å². The first-order chi connectivity index (χ1) is 42.6. The largest absolute Gasteiger partial charge is 0.0654 e. The van der Waals surface area contributed by atoms with Crippen LogP contribution in [0.2, 0.25) is 0 Å². The zero-order valence-corrected chi connectivity index (χ0v) is 73.1. The van der Waals surface area contributed by atoms with Crippen molar-refractivity contribution in [2.75, 3.05) is 0 Å². The van der Waals surface area contributed by atoms with E-state index >= 15 is 0 Å². The van der Waals surface area contributed by atoms with Crippen LogP contribution in [0.1, 0.15) is 487 Å². The Hall–Kier alpha value is 0. The standard InChI is InChI=1S/C10H20.3C8H16.C7H14.3C7H16.C6H12.4C6H14/c1-8-9(2,3)6-7-10(8,4)5;1-6-4-7(2)8(3)5-6;1-7-5-4-6-8(7,2)3;1-6-4-5-7(2)8(6)3;1-7-5-3-2-4-6-7;1-4-5-6-7(2)3;1-4-6-7(3)5-2;1-3-5-7-6-4-2;1-2-3-6-4-5-6;1-5-6(2,3)4;2*1-4-5-6(2)3;1-4-6(3)5-2/h8H,6-7H2,1-5H3;6-8H,4-5H2,1-3H3;7H,4-6H2,1-3H3;6-8H,4-5H2,1-3H3;7H,2-6H2,1H3;2*7H,4-6H2,1-3H3;3-7H2,1-2H3;6H,2-5H2,1H3;5H2,1-4H3;3*6H,4-5H2,1-3H3/t;;7-;;;;7-;;;;;;/m..1...1....../s1. The molecule has 0 heteroatoms. The molecule has 0 aliphatic heterocycles. The third kappa shape index (κ3) is 75.8. The number of hydrogen-bond acceptors (Lipinski definition) is 0. The van der Waals surface area contributed by atoms with Crippen LogP contribution in [0.3, 0.4) is 0 Å². The minimum atomic E-state index is 0.542. The summed E-state index contributed by atoms with van der Waals surface area (Å²) in [6.07, 6.45) is 50.9. The zero-order chi connectivity index (χ0) is 73.1. The Labute approximate surface area is 594 Å². The van der Waals surface area contributed by atoms with E-state index in [2.05, 4.69) is 256 Å². The van der Waals surface area contributed by atoms with Gasteiger partial charge in [0.05, 0.1) is 0 Å². The molecule has 6 atom stereocenters. The van der Waals surface area contributed by atoms with Gasteiger partial charge in [-0.05, 0) is 143 Å². The molecule has 0 saturated heterocycles. The van der Waals surface area contributed by atoms with Gasteiger partial charge < -0.3 is 0 Å². The Morgan fingerprint density at radius 3 is 0.848 bits per heavy atom. The van der Waals surface area contributed by atoms with E-state index in [4.69, 9.17) is 0 Å². The lowest BCUT2D eigenvalue weighted by Gasteiger charge is -2.31. The number of hydrogen-bond donors (Lipinski definition) is 0. The highest BCUT2D eigenvalue weighted by atomic mass is 14.5. The van der Waals surface area contributed by atoms with Crippen molar-refractivity contribution in [2.45, 2.75) is 487 Å². The Balaban J connectivity index is -0.000000171. The zero-order valence-electron chi connectivity index (χ0n) is 73.1. The molecule has 0 N–H and O–H groups in total. The summed E-state index contributed by atoms with van der Waals surface area (Å²) in [5.74, 6) is 14.5. The third-order valence-electron chi connectivity index (χ3n) is 23.2. The highest BCUT2D eigenvalue weighted by Crippen LogP contribution is 2.53. The summed E-state index contributed by atoms with van der Waals surface area (Å²) in [5.41, 5.74) is 2.37. The van der Waals surface area contributed by atoms with Crippen molar-refractivity contribution in [1.29, 1.82) is 0 Å². The van der Waals surface area contributed by atoms with Crippen LogP contribution >= 0.6 is 0 Å². The van der Waals surface area contributed by atoms with E-state index in [0.717, 1.165) is 88.8 Å². The van der Waals surface area contributed by atoms with Gasteiger partial charge in [0.2, 0.25) is 0 Å². The van der Waals surface area contributed by atoms with E-state index < -0.39 is 0 Å². The van der Waals surface area contributed by atoms with Crippen LogP contribution < -0.4 is 0 Å². The van der Waals surface area contributed by atoms with Crippen molar-refractivity contribution in [2.24, 2.45) is 110 Å². The van der Waals surface area contributed by atoms with Crippen molar-refractivity contribution in [1.82, 2.24) is 0 Å². The molecule has 0 spiro atoms. The minimum Gasteiger partial charge on any atom is -0.0654 e. The lowest BCUT2D eigenvalue weighted by Crippen LogP contribution is -2.24. The number of rotatable bonds is 18. The summed E-state index contributed by atoms with van der Waals surface area (Å²) in [6, 6.07) is 0. The normalized spacial score (nSPS) is 23.4. The van der Waals surface area contributed by atoms with Crippen molar-refractivity contribution in [3.63, 3.8) is 0 Å². The fourth-order valence-corrected chi connectivity index (χ4v) is 12.6. The topological polar surface area (TPSA) is 0 Å². The van der Waals surface area contributed by atoms with Crippen LogP contribution in [-0.2, 0) is 0 Å². The molecular weight excluding hydrogens is 1110 g/mol. The fraction of sp³-hybridized carbons (Fsp3) is 1.00. The van der Waals surface area contributed by atoms with Gasteiger partial charge in [-0.25, -0.2) is 0 Å². The quantitative estimate of drug-likeness (QED) is 0.120. The lowest BCUT2D eigenvalue weighted by atomic mass is 9.74. The van der Waals surface area contributed by atoms with E-state index in [1.165, 1.54) is 231 Å². The molecule has 4 unspecified atom stereocenters. The van der Waals surface area contributed by atoms with E-state index in [9.17, 15) is 0 Å². The molecular formula is C92H198. The van der Waals surface area contributed by atoms with Gasteiger partial charge in [0.25, 0.3) is 0 Å². The average molecular weight is 1300 g/mol. The first-order valence-electron chi connectivity index (χ1n) is 42.6. The van der Waals surface area contributed by atoms with E-state index in [-0.39, 0.29) is 0 Å². The van der Waals surface area contributed by atoms with Gasteiger partial charge in [0.1, 0.15) is 0 Å². The van der Waals surface area contributed by atoms with Gasteiger partial charge in [-0.2, -0.15) is 0 Å². The first kappa shape index (κ1) is 105. The highest BCUT2D eigenvalue weighted by Gasteiger charge is 2.43. The second kappa shape index (κ2) is 66.9. The Morgan fingerprint density at radius 2 is 0.728 bits per heavy atom. The van der Waals surface area contributed by atoms with Gasteiger partial charge in [-0.15, -0.1) is 0 Å². The predicted molar refractivity (Wildman–Crippen MR) is 438 cm³/mol. The Kier molecular flexibility index (Phi) is 76.6. The molecule has 6 rings (SSSR count). The van der Waals surface area contributed by atoms with Crippen LogP contribution in [0.5, 0.6) is 0 Å². The molecule has 0 bridgehead atoms. The highest BCUT2D eigenvalue weighted by molar-refractivity contribution is 4.93. The maximum Gasteiger partial charge on any atom is -0.0323 e. The summed E-state index contributed by atoms with van der Waals surface area (Å²) in [7, 11) is 0. The van der Waals surface area contributed by atoms with Crippen molar-refractivity contribution in [3.05, 3.63) is 0 Å². The molecule has 0 heterocycles. The molecule has 6 saturated carbocycles.